The summed E-state index contributed by atoms with van der Waals surface area (Å²) in [5, 5.41) is 5.30. The number of hydrogen-bond acceptors (Lipinski definition) is 4. The van der Waals surface area contributed by atoms with Gasteiger partial charge in [-0.1, -0.05) is 0 Å². The fourth-order valence-corrected chi connectivity index (χ4v) is 1.68. The number of carbonyl (C=O) groups is 2. The third-order valence-corrected chi connectivity index (χ3v) is 2.76. The second-order valence-corrected chi connectivity index (χ2v) is 4.42. The van der Waals surface area contributed by atoms with Crippen LogP contribution in [-0.4, -0.2) is 42.2 Å². The van der Waals surface area contributed by atoms with Crippen molar-refractivity contribution in [3.63, 3.8) is 0 Å². The van der Waals surface area contributed by atoms with Crippen molar-refractivity contribution in [2.75, 3.05) is 24.3 Å². The Morgan fingerprint density at radius 3 is 2.60 bits per heavy atom. The lowest BCUT2D eigenvalue weighted by Crippen LogP contribution is -2.47. The predicted molar refractivity (Wildman–Crippen MR) is 67.5 cm³/mol. The van der Waals surface area contributed by atoms with E-state index in [1.54, 1.807) is 11.8 Å². The monoisotopic (exact) mass is 250 g/mol. The molecular formula is C9H18N2O2S2. The molecule has 0 spiro atoms. The largest absolute Gasteiger partial charge is 0.354 e. The molecular weight excluding hydrogens is 232 g/mol. The van der Waals surface area contributed by atoms with E-state index in [2.05, 4.69) is 23.3 Å². The average molecular weight is 250 g/mol. The summed E-state index contributed by atoms with van der Waals surface area (Å²) in [5.74, 6) is 0.953. The summed E-state index contributed by atoms with van der Waals surface area (Å²) in [6, 6.07) is -0.528. The molecule has 0 aromatic carbocycles. The highest BCUT2D eigenvalue weighted by atomic mass is 32.2. The minimum Gasteiger partial charge on any atom is -0.354 e. The lowest BCUT2D eigenvalue weighted by Gasteiger charge is -2.14. The molecule has 1 atom stereocenters. The molecule has 0 aliphatic heterocycles. The fraction of sp³-hybridized carbons (Fsp3) is 0.778. The summed E-state index contributed by atoms with van der Waals surface area (Å²) in [5.41, 5.74) is 0. The molecule has 0 aromatic heterocycles. The van der Waals surface area contributed by atoms with Crippen molar-refractivity contribution in [3.05, 3.63) is 0 Å². The van der Waals surface area contributed by atoms with Crippen LogP contribution >= 0.6 is 24.4 Å². The maximum absolute atomic E-state index is 11.5. The van der Waals surface area contributed by atoms with E-state index in [1.165, 1.54) is 6.92 Å². The van der Waals surface area contributed by atoms with E-state index in [0.717, 1.165) is 12.2 Å². The van der Waals surface area contributed by atoms with Gasteiger partial charge in [0.25, 0.3) is 0 Å². The Bertz CT molecular complexity index is 212. The van der Waals surface area contributed by atoms with E-state index in [0.29, 0.717) is 12.3 Å². The molecule has 0 aliphatic carbocycles. The van der Waals surface area contributed by atoms with Gasteiger partial charge in [0.1, 0.15) is 6.04 Å². The van der Waals surface area contributed by atoms with Crippen LogP contribution in [-0.2, 0) is 9.59 Å². The fourth-order valence-electron chi connectivity index (χ4n) is 0.991. The quantitative estimate of drug-likeness (QED) is 0.450. The molecule has 0 radical (unpaired) electrons. The normalized spacial score (nSPS) is 11.9. The Kier molecular flexibility index (Phi) is 8.70. The maximum Gasteiger partial charge on any atom is 0.243 e. The number of carbonyl (C=O) groups excluding carboxylic acids is 2. The number of amides is 2. The Balaban J connectivity index is 3.78. The first-order valence-corrected chi connectivity index (χ1v) is 6.79. The van der Waals surface area contributed by atoms with Crippen LogP contribution in [0.25, 0.3) is 0 Å². The molecule has 0 saturated carbocycles. The van der Waals surface area contributed by atoms with Gasteiger partial charge in [-0.05, 0) is 18.4 Å². The summed E-state index contributed by atoms with van der Waals surface area (Å²) in [7, 11) is 0. The molecule has 4 nitrogen and oxygen atoms in total. The molecule has 0 aliphatic rings. The maximum atomic E-state index is 11.5. The van der Waals surface area contributed by atoms with Gasteiger partial charge in [0.05, 0.1) is 0 Å². The first-order valence-electron chi connectivity index (χ1n) is 4.76. The summed E-state index contributed by atoms with van der Waals surface area (Å²) in [6.45, 7) is 2.03. The first-order chi connectivity index (χ1) is 7.11. The van der Waals surface area contributed by atoms with Gasteiger partial charge in [-0.25, -0.2) is 0 Å². The number of thioether (sulfide) groups is 1. The van der Waals surface area contributed by atoms with Gasteiger partial charge >= 0.3 is 0 Å². The van der Waals surface area contributed by atoms with Crippen LogP contribution in [0.15, 0.2) is 0 Å². The van der Waals surface area contributed by atoms with E-state index < -0.39 is 6.04 Å². The molecule has 0 bridgehead atoms. The molecule has 0 rings (SSSR count). The molecule has 88 valence electrons. The molecule has 2 N–H and O–H groups in total. The van der Waals surface area contributed by atoms with Gasteiger partial charge in [-0.3, -0.25) is 9.59 Å². The van der Waals surface area contributed by atoms with E-state index in [4.69, 9.17) is 0 Å². The third kappa shape index (κ3) is 7.56. The van der Waals surface area contributed by atoms with Crippen molar-refractivity contribution in [1.29, 1.82) is 0 Å². The standard InChI is InChI=1S/C9H18N2O2S2/c1-7(12)11-8(6-14)9(13)10-4-3-5-15-2/h8,14H,3-6H2,1-2H3,(H,10,13)(H,11,12). The number of hydrogen-bond donors (Lipinski definition) is 3. The molecule has 0 saturated heterocycles. The molecule has 0 aromatic rings. The van der Waals surface area contributed by atoms with Crippen molar-refractivity contribution in [1.82, 2.24) is 10.6 Å². The van der Waals surface area contributed by atoms with E-state index >= 15 is 0 Å². The Hall–Kier alpha value is -0.360. The average Bonchev–Trinajstić information content (AvgIpc) is 2.20. The van der Waals surface area contributed by atoms with Crippen molar-refractivity contribution >= 4 is 36.2 Å². The van der Waals surface area contributed by atoms with Gasteiger partial charge in [0, 0.05) is 19.2 Å². The van der Waals surface area contributed by atoms with Gasteiger partial charge in [-0.15, -0.1) is 0 Å². The molecule has 0 heterocycles. The summed E-state index contributed by atoms with van der Waals surface area (Å²) in [4.78, 5) is 22.3. The minimum atomic E-state index is -0.528. The molecule has 6 heteroatoms. The topological polar surface area (TPSA) is 58.2 Å². The smallest absolute Gasteiger partial charge is 0.243 e. The van der Waals surface area contributed by atoms with Crippen molar-refractivity contribution in [3.8, 4) is 0 Å². The number of rotatable bonds is 7. The highest BCUT2D eigenvalue weighted by Crippen LogP contribution is 1.94. The predicted octanol–water partition coefficient (Wildman–Crippen LogP) is 0.290. The van der Waals surface area contributed by atoms with Gasteiger partial charge in [0.2, 0.25) is 11.8 Å². The van der Waals surface area contributed by atoms with Crippen LogP contribution in [0.1, 0.15) is 13.3 Å². The SMILES string of the molecule is CSCCCNC(=O)C(CS)NC(C)=O. The second-order valence-electron chi connectivity index (χ2n) is 3.07. The Morgan fingerprint density at radius 2 is 2.13 bits per heavy atom. The Labute approximate surface area is 100 Å². The molecule has 0 fully saturated rings. The zero-order valence-corrected chi connectivity index (χ0v) is 10.8. The van der Waals surface area contributed by atoms with E-state index in [1.807, 2.05) is 6.26 Å². The summed E-state index contributed by atoms with van der Waals surface area (Å²) < 4.78 is 0. The van der Waals surface area contributed by atoms with E-state index in [-0.39, 0.29) is 11.8 Å². The minimum absolute atomic E-state index is 0.165. The van der Waals surface area contributed by atoms with Crippen LogP contribution in [0, 0.1) is 0 Å². The van der Waals surface area contributed by atoms with Crippen molar-refractivity contribution in [2.24, 2.45) is 0 Å². The van der Waals surface area contributed by atoms with Gasteiger partial charge < -0.3 is 10.6 Å². The highest BCUT2D eigenvalue weighted by molar-refractivity contribution is 7.98. The third-order valence-electron chi connectivity index (χ3n) is 1.70. The van der Waals surface area contributed by atoms with Crippen molar-refractivity contribution in [2.45, 2.75) is 19.4 Å². The molecule has 15 heavy (non-hydrogen) atoms. The number of thiol groups is 1. The second kappa shape index (κ2) is 8.91. The highest BCUT2D eigenvalue weighted by Gasteiger charge is 2.16. The number of nitrogens with one attached hydrogen (secondary N) is 2. The zero-order valence-electron chi connectivity index (χ0n) is 9.08. The van der Waals surface area contributed by atoms with Crippen molar-refractivity contribution < 1.29 is 9.59 Å². The van der Waals surface area contributed by atoms with Crippen LogP contribution in [0.5, 0.6) is 0 Å². The van der Waals surface area contributed by atoms with Crippen LogP contribution in [0.2, 0.25) is 0 Å². The lowest BCUT2D eigenvalue weighted by atomic mass is 10.3. The summed E-state index contributed by atoms with van der Waals surface area (Å²) in [6.07, 6.45) is 2.96. The summed E-state index contributed by atoms with van der Waals surface area (Å²) >= 11 is 5.76. The van der Waals surface area contributed by atoms with Crippen LogP contribution < -0.4 is 10.6 Å². The van der Waals surface area contributed by atoms with Gasteiger partial charge in [0.15, 0.2) is 0 Å². The van der Waals surface area contributed by atoms with Crippen LogP contribution in [0.3, 0.4) is 0 Å². The first kappa shape index (κ1) is 14.6. The zero-order chi connectivity index (χ0) is 11.7. The molecule has 1 unspecified atom stereocenters. The van der Waals surface area contributed by atoms with Gasteiger partial charge in [-0.2, -0.15) is 24.4 Å². The lowest BCUT2D eigenvalue weighted by molar-refractivity contribution is -0.127. The molecule has 2 amide bonds. The Morgan fingerprint density at radius 1 is 1.47 bits per heavy atom. The van der Waals surface area contributed by atoms with Crippen LogP contribution in [0.4, 0.5) is 0 Å². The van der Waals surface area contributed by atoms with E-state index in [9.17, 15) is 9.59 Å².